The third-order valence-electron chi connectivity index (χ3n) is 3.37. The molecule has 0 spiro atoms. The monoisotopic (exact) mass is 335 g/mol. The van der Waals surface area contributed by atoms with E-state index >= 15 is 0 Å². The molecule has 0 aliphatic heterocycles. The Morgan fingerprint density at radius 2 is 1.74 bits per heavy atom. The van der Waals surface area contributed by atoms with Gasteiger partial charge in [-0.2, -0.15) is 0 Å². The molecule has 1 aromatic carbocycles. The van der Waals surface area contributed by atoms with Crippen molar-refractivity contribution < 1.29 is 14.4 Å². The highest BCUT2D eigenvalue weighted by Gasteiger charge is 2.14. The number of rotatable bonds is 8. The number of benzene rings is 1. The van der Waals surface area contributed by atoms with Gasteiger partial charge in [0, 0.05) is 32.4 Å². The molecular formula is C16H22N3O3P. The summed E-state index contributed by atoms with van der Waals surface area (Å²) in [5.74, 6) is 0. The molecule has 0 radical (unpaired) electrons. The highest BCUT2D eigenvalue weighted by atomic mass is 31.2. The second kappa shape index (κ2) is 8.34. The van der Waals surface area contributed by atoms with E-state index in [-0.39, 0.29) is 6.16 Å². The lowest BCUT2D eigenvalue weighted by Crippen LogP contribution is -2.29. The largest absolute Gasteiger partial charge is 0.329 e. The number of hydrogen-bond donors (Lipinski definition) is 3. The topological polar surface area (TPSA) is 99.7 Å². The maximum absolute atomic E-state index is 11.0. The molecule has 0 bridgehead atoms. The summed E-state index contributed by atoms with van der Waals surface area (Å²) in [5, 5.41) is 0. The Balaban J connectivity index is 2.00. The Kier molecular flexibility index (Phi) is 6.45. The van der Waals surface area contributed by atoms with Gasteiger partial charge in [-0.25, -0.2) is 0 Å². The maximum Gasteiger partial charge on any atom is 0.329 e. The molecule has 0 aliphatic carbocycles. The van der Waals surface area contributed by atoms with Crippen LogP contribution >= 0.6 is 7.60 Å². The fourth-order valence-electron chi connectivity index (χ4n) is 2.36. The van der Waals surface area contributed by atoms with Gasteiger partial charge in [0.2, 0.25) is 0 Å². The summed E-state index contributed by atoms with van der Waals surface area (Å²) in [6.07, 6.45) is 1.54. The zero-order chi connectivity index (χ0) is 16.7. The smallest absolute Gasteiger partial charge is 0.329 e. The average Bonchev–Trinajstić information content (AvgIpc) is 2.49. The second-order valence-corrected chi connectivity index (χ2v) is 7.11. The molecule has 0 aliphatic rings. The van der Waals surface area contributed by atoms with Gasteiger partial charge in [0.25, 0.3) is 0 Å². The number of hydrogen-bond acceptors (Lipinski definition) is 4. The van der Waals surface area contributed by atoms with Crippen molar-refractivity contribution in [1.29, 1.82) is 0 Å². The number of nitrogens with two attached hydrogens (primary N) is 1. The molecule has 0 saturated carbocycles. The molecule has 1 heterocycles. The molecule has 2 rings (SSSR count). The molecule has 0 fully saturated rings. The molecule has 0 saturated heterocycles. The third kappa shape index (κ3) is 6.60. The lowest BCUT2D eigenvalue weighted by Gasteiger charge is -2.21. The van der Waals surface area contributed by atoms with Crippen LogP contribution in [0.25, 0.3) is 0 Å². The van der Waals surface area contributed by atoms with Crippen molar-refractivity contribution in [3.8, 4) is 0 Å². The van der Waals surface area contributed by atoms with Gasteiger partial charge < -0.3 is 15.5 Å². The van der Waals surface area contributed by atoms with Crippen molar-refractivity contribution >= 4 is 7.60 Å². The van der Waals surface area contributed by atoms with Crippen molar-refractivity contribution in [2.45, 2.75) is 19.3 Å². The van der Waals surface area contributed by atoms with Crippen LogP contribution in [-0.4, -0.2) is 32.8 Å². The quantitative estimate of drug-likeness (QED) is 0.635. The molecular weight excluding hydrogens is 313 g/mol. The highest BCUT2D eigenvalue weighted by molar-refractivity contribution is 7.50. The molecule has 0 atom stereocenters. The molecule has 2 aromatic rings. The minimum Gasteiger partial charge on any atom is -0.329 e. The molecule has 6 nitrogen and oxygen atoms in total. The van der Waals surface area contributed by atoms with Crippen LogP contribution in [0.2, 0.25) is 0 Å². The van der Waals surface area contributed by atoms with Crippen molar-refractivity contribution in [2.24, 2.45) is 5.73 Å². The van der Waals surface area contributed by atoms with Crippen LogP contribution in [0.3, 0.4) is 0 Å². The van der Waals surface area contributed by atoms with Crippen molar-refractivity contribution in [3.63, 3.8) is 0 Å². The predicted octanol–water partition coefficient (Wildman–Crippen LogP) is 1.72. The maximum atomic E-state index is 11.0. The van der Waals surface area contributed by atoms with Gasteiger partial charge in [0.05, 0.1) is 11.9 Å². The predicted molar refractivity (Wildman–Crippen MR) is 89.6 cm³/mol. The van der Waals surface area contributed by atoms with Crippen molar-refractivity contribution in [2.75, 3.05) is 13.1 Å². The summed E-state index contributed by atoms with van der Waals surface area (Å²) in [4.78, 5) is 24.5. The number of nitrogens with zero attached hydrogens (tertiary/aromatic N) is 2. The number of pyridine rings is 1. The molecule has 23 heavy (non-hydrogen) atoms. The van der Waals surface area contributed by atoms with Gasteiger partial charge in [0.1, 0.15) is 0 Å². The van der Waals surface area contributed by atoms with Gasteiger partial charge in [-0.15, -0.1) is 0 Å². The van der Waals surface area contributed by atoms with Crippen molar-refractivity contribution in [3.05, 3.63) is 65.5 Å². The van der Waals surface area contributed by atoms with Gasteiger partial charge in [-0.3, -0.25) is 14.4 Å². The first kappa shape index (κ1) is 17.8. The second-order valence-electron chi connectivity index (χ2n) is 5.46. The lowest BCUT2D eigenvalue weighted by molar-refractivity contribution is 0.261. The summed E-state index contributed by atoms with van der Waals surface area (Å²) in [5.41, 5.74) is 8.38. The van der Waals surface area contributed by atoms with Crippen LogP contribution in [0, 0.1) is 0 Å². The lowest BCUT2D eigenvalue weighted by atomic mass is 10.1. The van der Waals surface area contributed by atoms with E-state index in [0.717, 1.165) is 17.8 Å². The Bertz CT molecular complexity index is 643. The van der Waals surface area contributed by atoms with Gasteiger partial charge in [0.15, 0.2) is 0 Å². The zero-order valence-electron chi connectivity index (χ0n) is 12.9. The minimum atomic E-state index is -4.02. The fourth-order valence-corrected chi connectivity index (χ4v) is 3.05. The Labute approximate surface area is 136 Å². The van der Waals surface area contributed by atoms with E-state index in [0.29, 0.717) is 25.2 Å². The standard InChI is InChI=1S/C16H22N3O3P/c17-8-10-19(12-16-3-1-2-9-18-16)11-14-4-6-15(7-5-14)13-23(20,21)22/h1-7,9H,8,10-13,17H2,(H2,20,21,22). The van der Waals surface area contributed by atoms with Crippen LogP contribution in [0.15, 0.2) is 48.7 Å². The van der Waals surface area contributed by atoms with E-state index in [4.69, 9.17) is 15.5 Å². The molecule has 0 unspecified atom stereocenters. The van der Waals surface area contributed by atoms with Gasteiger partial charge in [-0.05, 0) is 23.3 Å². The summed E-state index contributed by atoms with van der Waals surface area (Å²) in [6, 6.07) is 13.1. The first-order valence-corrected chi connectivity index (χ1v) is 9.21. The molecule has 4 N–H and O–H groups in total. The molecule has 124 valence electrons. The van der Waals surface area contributed by atoms with Gasteiger partial charge in [-0.1, -0.05) is 30.3 Å². The summed E-state index contributed by atoms with van der Waals surface area (Å²) in [7, 11) is -4.02. The van der Waals surface area contributed by atoms with E-state index < -0.39 is 7.60 Å². The normalized spacial score (nSPS) is 11.8. The molecule has 1 aromatic heterocycles. The third-order valence-corrected chi connectivity index (χ3v) is 4.15. The summed E-state index contributed by atoms with van der Waals surface area (Å²) < 4.78 is 11.0. The van der Waals surface area contributed by atoms with E-state index in [1.807, 2.05) is 30.3 Å². The van der Waals surface area contributed by atoms with Gasteiger partial charge >= 0.3 is 7.60 Å². The first-order valence-electron chi connectivity index (χ1n) is 7.41. The van der Waals surface area contributed by atoms with Crippen LogP contribution in [0.1, 0.15) is 16.8 Å². The fraction of sp³-hybridized carbons (Fsp3) is 0.312. The molecule has 7 heteroatoms. The Hall–Kier alpha value is -1.56. The van der Waals surface area contributed by atoms with Crippen LogP contribution in [0.5, 0.6) is 0 Å². The van der Waals surface area contributed by atoms with Crippen molar-refractivity contribution in [1.82, 2.24) is 9.88 Å². The zero-order valence-corrected chi connectivity index (χ0v) is 13.8. The highest BCUT2D eigenvalue weighted by Crippen LogP contribution is 2.38. The average molecular weight is 335 g/mol. The van der Waals surface area contributed by atoms with E-state index in [9.17, 15) is 4.57 Å². The minimum absolute atomic E-state index is 0.228. The first-order chi connectivity index (χ1) is 11.0. The van der Waals surface area contributed by atoms with E-state index in [1.54, 1.807) is 18.3 Å². The number of aromatic nitrogens is 1. The summed E-state index contributed by atoms with van der Waals surface area (Å²) >= 11 is 0. The summed E-state index contributed by atoms with van der Waals surface area (Å²) in [6.45, 7) is 2.73. The van der Waals surface area contributed by atoms with Crippen LogP contribution < -0.4 is 5.73 Å². The Morgan fingerprint density at radius 1 is 1.04 bits per heavy atom. The SMILES string of the molecule is NCCN(Cc1ccc(CP(=O)(O)O)cc1)Cc1ccccn1. The Morgan fingerprint density at radius 3 is 2.30 bits per heavy atom. The van der Waals surface area contributed by atoms with Crippen LogP contribution in [-0.2, 0) is 23.8 Å². The van der Waals surface area contributed by atoms with E-state index in [1.165, 1.54) is 0 Å². The van der Waals surface area contributed by atoms with E-state index in [2.05, 4.69) is 9.88 Å². The molecule has 0 amide bonds. The van der Waals surface area contributed by atoms with Crippen LogP contribution in [0.4, 0.5) is 0 Å².